The number of hydrogen-bond donors (Lipinski definition) is 0. The van der Waals surface area contributed by atoms with Crippen LogP contribution in [0.1, 0.15) is 16.7 Å². The minimum absolute atomic E-state index is 0.292. The van der Waals surface area contributed by atoms with Gasteiger partial charge in [-0.1, -0.05) is 42.5 Å². The van der Waals surface area contributed by atoms with Crippen LogP contribution in [0.25, 0.3) is 11.1 Å². The third kappa shape index (κ3) is 4.22. The summed E-state index contributed by atoms with van der Waals surface area (Å²) in [6.45, 7) is 0. The molecule has 0 fully saturated rings. The fraction of sp³-hybridized carbons (Fsp3) is 0.208. The fourth-order valence-electron chi connectivity index (χ4n) is 3.26. The van der Waals surface area contributed by atoms with Gasteiger partial charge in [-0.2, -0.15) is 0 Å². The molecule has 0 unspecified atom stereocenters. The van der Waals surface area contributed by atoms with Gasteiger partial charge in [-0.3, -0.25) is 0 Å². The van der Waals surface area contributed by atoms with Crippen molar-refractivity contribution in [2.45, 2.75) is 12.8 Å². The number of hydrogen-bond acceptors (Lipinski definition) is 3. The van der Waals surface area contributed by atoms with E-state index in [1.54, 1.807) is 12.1 Å². The summed E-state index contributed by atoms with van der Waals surface area (Å²) in [7, 11) is 5.51. The van der Waals surface area contributed by atoms with Gasteiger partial charge in [-0.05, 0) is 40.5 Å². The van der Waals surface area contributed by atoms with Crippen LogP contribution in [0.15, 0.2) is 60.7 Å². The number of methoxy groups -OCH3 is 1. The van der Waals surface area contributed by atoms with Crippen molar-refractivity contribution in [1.82, 2.24) is 0 Å². The number of ether oxygens (including phenoxy) is 1. The van der Waals surface area contributed by atoms with E-state index in [4.69, 9.17) is 4.74 Å². The number of carbonyl (C=O) groups is 1. The molecule has 144 valence electrons. The van der Waals surface area contributed by atoms with E-state index in [9.17, 15) is 4.79 Å². The predicted molar refractivity (Wildman–Crippen MR) is 112 cm³/mol. The number of benzene rings is 3. The second kappa shape index (κ2) is 8.70. The summed E-state index contributed by atoms with van der Waals surface area (Å²) in [5.74, 6) is 0.187. The quantitative estimate of drug-likeness (QED) is 0.549. The van der Waals surface area contributed by atoms with Crippen molar-refractivity contribution in [1.29, 1.82) is 0 Å². The Balaban J connectivity index is 1.99. The average molecular weight is 377 g/mol. The van der Waals surface area contributed by atoms with Crippen LogP contribution in [0, 0.1) is 5.82 Å². The van der Waals surface area contributed by atoms with Gasteiger partial charge in [0, 0.05) is 32.6 Å². The smallest absolute Gasteiger partial charge is 0.138 e. The average Bonchev–Trinajstić information content (AvgIpc) is 2.70. The summed E-state index contributed by atoms with van der Waals surface area (Å²) in [4.78, 5) is 12.9. The van der Waals surface area contributed by atoms with Gasteiger partial charge in [0.25, 0.3) is 0 Å². The second-order valence-electron chi connectivity index (χ2n) is 6.92. The Hall–Kier alpha value is -3.14. The first-order valence-corrected chi connectivity index (χ1v) is 9.18. The molecule has 0 aliphatic heterocycles. The molecule has 0 aliphatic rings. The summed E-state index contributed by atoms with van der Waals surface area (Å²) in [5, 5.41) is 0. The number of nitrogens with zero attached hydrogens (tertiary/aromatic N) is 1. The summed E-state index contributed by atoms with van der Waals surface area (Å²) < 4.78 is 20.9. The van der Waals surface area contributed by atoms with Crippen molar-refractivity contribution in [2.24, 2.45) is 0 Å². The molecule has 0 aromatic heterocycles. The van der Waals surface area contributed by atoms with Gasteiger partial charge in [-0.25, -0.2) is 4.39 Å². The van der Waals surface area contributed by atoms with Gasteiger partial charge in [0.15, 0.2) is 0 Å². The topological polar surface area (TPSA) is 29.5 Å². The molecule has 4 heteroatoms. The van der Waals surface area contributed by atoms with Crippen molar-refractivity contribution in [3.8, 4) is 16.9 Å². The van der Waals surface area contributed by atoms with Gasteiger partial charge < -0.3 is 14.4 Å². The van der Waals surface area contributed by atoms with E-state index >= 15 is 4.39 Å². The van der Waals surface area contributed by atoms with Crippen LogP contribution in [-0.2, 0) is 17.6 Å². The third-order valence-corrected chi connectivity index (χ3v) is 4.79. The molecule has 0 bridgehead atoms. The van der Waals surface area contributed by atoms with E-state index in [1.807, 2.05) is 67.5 Å². The first-order valence-electron chi connectivity index (χ1n) is 9.18. The zero-order valence-corrected chi connectivity index (χ0v) is 16.4. The first-order chi connectivity index (χ1) is 13.5. The molecule has 3 rings (SSSR count). The minimum Gasteiger partial charge on any atom is -0.496 e. The maximum Gasteiger partial charge on any atom is 0.138 e. The van der Waals surface area contributed by atoms with Gasteiger partial charge in [0.1, 0.15) is 17.9 Å². The van der Waals surface area contributed by atoms with E-state index in [-0.39, 0.29) is 5.82 Å². The van der Waals surface area contributed by atoms with E-state index in [2.05, 4.69) is 0 Å². The number of rotatable bonds is 7. The Bertz CT molecular complexity index is 965. The first kappa shape index (κ1) is 19.6. The number of carbonyl (C=O) groups excluding carboxylic acids is 1. The van der Waals surface area contributed by atoms with Crippen molar-refractivity contribution >= 4 is 12.0 Å². The summed E-state index contributed by atoms with van der Waals surface area (Å²) in [6.07, 6.45) is 1.64. The molecule has 28 heavy (non-hydrogen) atoms. The molecule has 0 radical (unpaired) electrons. The monoisotopic (exact) mass is 377 g/mol. The maximum atomic E-state index is 15.5. The lowest BCUT2D eigenvalue weighted by Crippen LogP contribution is -2.08. The highest BCUT2D eigenvalue weighted by molar-refractivity contribution is 5.73. The maximum absolute atomic E-state index is 15.5. The van der Waals surface area contributed by atoms with Crippen molar-refractivity contribution < 1.29 is 13.9 Å². The van der Waals surface area contributed by atoms with Crippen LogP contribution >= 0.6 is 0 Å². The van der Waals surface area contributed by atoms with Gasteiger partial charge in [0.05, 0.1) is 12.7 Å². The summed E-state index contributed by atoms with van der Waals surface area (Å²) >= 11 is 0. The van der Waals surface area contributed by atoms with Crippen LogP contribution in [0.5, 0.6) is 5.75 Å². The molecule has 0 amide bonds. The molecular weight excluding hydrogens is 353 g/mol. The lowest BCUT2D eigenvalue weighted by atomic mass is 9.95. The van der Waals surface area contributed by atoms with Crippen molar-refractivity contribution in [3.05, 3.63) is 83.2 Å². The Morgan fingerprint density at radius 2 is 1.75 bits per heavy atom. The van der Waals surface area contributed by atoms with Crippen molar-refractivity contribution in [2.75, 3.05) is 26.1 Å². The van der Waals surface area contributed by atoms with Crippen LogP contribution in [0.2, 0.25) is 0 Å². The molecule has 3 nitrogen and oxygen atoms in total. The van der Waals surface area contributed by atoms with Crippen LogP contribution < -0.4 is 9.64 Å². The van der Waals surface area contributed by atoms with Crippen LogP contribution in [-0.4, -0.2) is 27.5 Å². The lowest BCUT2D eigenvalue weighted by Gasteiger charge is -2.15. The molecule has 3 aromatic carbocycles. The van der Waals surface area contributed by atoms with Gasteiger partial charge in [-0.15, -0.1) is 0 Å². The minimum atomic E-state index is -0.292. The summed E-state index contributed by atoms with van der Waals surface area (Å²) in [5.41, 5.74) is 4.73. The Morgan fingerprint density at radius 3 is 2.39 bits per heavy atom. The van der Waals surface area contributed by atoms with Crippen LogP contribution in [0.3, 0.4) is 0 Å². The Kier molecular flexibility index (Phi) is 6.09. The third-order valence-electron chi connectivity index (χ3n) is 4.79. The zero-order valence-electron chi connectivity index (χ0n) is 16.4. The number of aldehydes is 1. The van der Waals surface area contributed by atoms with Crippen LogP contribution in [0.4, 0.5) is 10.1 Å². The highest BCUT2D eigenvalue weighted by Gasteiger charge is 2.17. The molecule has 3 aromatic rings. The SMILES string of the molecule is COc1ccc(Cc2ccc(N(C)C)cc2)c(F)c1-c1cccc(CC=O)c1. The van der Waals surface area contributed by atoms with E-state index < -0.39 is 0 Å². The van der Waals surface area contributed by atoms with E-state index in [0.717, 1.165) is 23.1 Å². The molecule has 0 heterocycles. The fourth-order valence-corrected chi connectivity index (χ4v) is 3.26. The number of halogens is 1. The highest BCUT2D eigenvalue weighted by atomic mass is 19.1. The molecule has 0 N–H and O–H groups in total. The molecule has 0 saturated heterocycles. The van der Waals surface area contributed by atoms with Gasteiger partial charge in [0.2, 0.25) is 0 Å². The molecular formula is C24H24FNO2. The van der Waals surface area contributed by atoms with Gasteiger partial charge >= 0.3 is 0 Å². The predicted octanol–water partition coefficient (Wildman–Crippen LogP) is 4.90. The number of anilines is 1. The lowest BCUT2D eigenvalue weighted by molar-refractivity contribution is -0.107. The van der Waals surface area contributed by atoms with E-state index in [0.29, 0.717) is 35.3 Å². The largest absolute Gasteiger partial charge is 0.496 e. The zero-order chi connectivity index (χ0) is 20.1. The normalized spacial score (nSPS) is 10.6. The summed E-state index contributed by atoms with van der Waals surface area (Å²) in [6, 6.07) is 19.0. The standard InChI is InChI=1S/C24H24FNO2/c1-26(2)21-10-7-18(8-11-21)16-20-9-12-22(28-3)23(24(20)25)19-6-4-5-17(15-19)13-14-27/h4-12,14-15H,13,16H2,1-3H3. The second-order valence-corrected chi connectivity index (χ2v) is 6.92. The molecule has 0 spiro atoms. The Morgan fingerprint density at radius 1 is 1.00 bits per heavy atom. The van der Waals surface area contributed by atoms with E-state index in [1.165, 1.54) is 7.11 Å². The Labute approximate surface area is 165 Å². The molecule has 0 atom stereocenters. The molecule has 0 saturated carbocycles. The van der Waals surface area contributed by atoms with Crippen molar-refractivity contribution in [3.63, 3.8) is 0 Å². The molecule has 0 aliphatic carbocycles. The highest BCUT2D eigenvalue weighted by Crippen LogP contribution is 2.35.